The van der Waals surface area contributed by atoms with Gasteiger partial charge >= 0.3 is 6.18 Å². The molecule has 1 aromatic heterocycles. The van der Waals surface area contributed by atoms with Gasteiger partial charge in [0.05, 0.1) is 20.8 Å². The molecule has 0 bridgehead atoms. The number of carbonyl (C=O) groups excluding carboxylic acids is 1. The van der Waals surface area contributed by atoms with Gasteiger partial charge in [0.1, 0.15) is 5.69 Å². The first-order valence-corrected chi connectivity index (χ1v) is 9.45. The third-order valence-corrected chi connectivity index (χ3v) is 6.13. The van der Waals surface area contributed by atoms with E-state index in [1.54, 1.807) is 23.6 Å². The zero-order chi connectivity index (χ0) is 18.2. The number of hydrogen-bond donors (Lipinski definition) is 1. The van der Waals surface area contributed by atoms with Crippen molar-refractivity contribution in [2.24, 2.45) is 5.73 Å². The number of rotatable bonds is 3. The Labute approximate surface area is 151 Å². The molecule has 1 aliphatic heterocycles. The number of nitrogens with two attached hydrogens (primary N) is 1. The molecule has 2 heterocycles. The summed E-state index contributed by atoms with van der Waals surface area (Å²) in [5, 5.41) is 0.601. The van der Waals surface area contributed by atoms with Crippen LogP contribution < -0.4 is 5.73 Å². The maximum Gasteiger partial charge on any atom is 0.416 e. The summed E-state index contributed by atoms with van der Waals surface area (Å²) in [5.74, 6) is 0.589. The molecular formula is C16H16F3N3OS2. The summed E-state index contributed by atoms with van der Waals surface area (Å²) >= 11 is 2.92. The van der Waals surface area contributed by atoms with E-state index in [2.05, 4.69) is 4.98 Å². The fraction of sp³-hybridized carbons (Fsp3) is 0.375. The van der Waals surface area contributed by atoms with E-state index in [1.165, 1.54) is 23.5 Å². The molecule has 1 amide bonds. The molecule has 1 aromatic carbocycles. The Kier molecular flexibility index (Phi) is 5.08. The number of thiazole rings is 1. The molecule has 4 nitrogen and oxygen atoms in total. The lowest BCUT2D eigenvalue weighted by Gasteiger charge is -2.22. The van der Waals surface area contributed by atoms with Crippen molar-refractivity contribution in [1.29, 1.82) is 0 Å². The van der Waals surface area contributed by atoms with Crippen LogP contribution in [-0.4, -0.2) is 40.0 Å². The van der Waals surface area contributed by atoms with Crippen molar-refractivity contribution in [1.82, 2.24) is 9.88 Å². The number of aromatic nitrogens is 1. The van der Waals surface area contributed by atoms with Crippen LogP contribution in [0.15, 0.2) is 24.3 Å². The number of alkyl halides is 3. The number of aryl methyl sites for hydroxylation is 1. The van der Waals surface area contributed by atoms with Crippen molar-refractivity contribution >= 4 is 29.0 Å². The first-order valence-electron chi connectivity index (χ1n) is 7.59. The monoisotopic (exact) mass is 387 g/mol. The minimum Gasteiger partial charge on any atom is -0.328 e. The van der Waals surface area contributed by atoms with E-state index >= 15 is 0 Å². The van der Waals surface area contributed by atoms with Gasteiger partial charge in [-0.15, -0.1) is 23.1 Å². The number of hydrogen-bond acceptors (Lipinski definition) is 5. The Morgan fingerprint density at radius 2 is 2.04 bits per heavy atom. The largest absolute Gasteiger partial charge is 0.416 e. The Bertz CT molecular complexity index is 774. The minimum atomic E-state index is -4.39. The predicted molar refractivity (Wildman–Crippen MR) is 93.6 cm³/mol. The van der Waals surface area contributed by atoms with Gasteiger partial charge in [0.15, 0.2) is 0 Å². The Morgan fingerprint density at radius 3 is 2.64 bits per heavy atom. The van der Waals surface area contributed by atoms with Crippen molar-refractivity contribution in [3.8, 4) is 10.4 Å². The van der Waals surface area contributed by atoms with Crippen LogP contribution in [0.1, 0.15) is 21.1 Å². The maximum absolute atomic E-state index is 12.9. The molecule has 134 valence electrons. The summed E-state index contributed by atoms with van der Waals surface area (Å²) in [6, 6.07) is 4.80. The lowest BCUT2D eigenvalue weighted by atomic mass is 10.1. The lowest BCUT2D eigenvalue weighted by Crippen LogP contribution is -2.39. The summed E-state index contributed by atoms with van der Waals surface area (Å²) in [7, 11) is 0. The fourth-order valence-electron chi connectivity index (χ4n) is 2.66. The molecule has 0 saturated carbocycles. The molecule has 25 heavy (non-hydrogen) atoms. The summed E-state index contributed by atoms with van der Waals surface area (Å²) in [5.41, 5.74) is 5.83. The molecular weight excluding hydrogens is 371 g/mol. The maximum atomic E-state index is 12.9. The Balaban J connectivity index is 1.95. The van der Waals surface area contributed by atoms with Gasteiger partial charge in [-0.1, -0.05) is 12.1 Å². The smallest absolute Gasteiger partial charge is 0.328 e. The van der Waals surface area contributed by atoms with Crippen molar-refractivity contribution in [2.75, 3.05) is 18.8 Å². The molecule has 1 fully saturated rings. The highest BCUT2D eigenvalue weighted by Crippen LogP contribution is 2.35. The van der Waals surface area contributed by atoms with Crippen LogP contribution in [0.2, 0.25) is 0 Å². The Hall–Kier alpha value is -1.58. The highest BCUT2D eigenvalue weighted by atomic mass is 32.2. The normalized spacial score (nSPS) is 18.0. The van der Waals surface area contributed by atoms with Gasteiger partial charge in [-0.05, 0) is 24.6 Å². The molecule has 1 saturated heterocycles. The summed E-state index contributed by atoms with van der Waals surface area (Å²) in [6.07, 6.45) is -4.39. The zero-order valence-corrected chi connectivity index (χ0v) is 15.0. The molecule has 1 unspecified atom stereocenters. The fourth-order valence-corrected chi connectivity index (χ4v) is 4.67. The molecule has 1 aliphatic rings. The summed E-state index contributed by atoms with van der Waals surface area (Å²) in [4.78, 5) is 19.5. The van der Waals surface area contributed by atoms with Gasteiger partial charge in [-0.25, -0.2) is 4.98 Å². The zero-order valence-electron chi connectivity index (χ0n) is 13.3. The lowest BCUT2D eigenvalue weighted by molar-refractivity contribution is -0.137. The van der Waals surface area contributed by atoms with Crippen molar-refractivity contribution in [2.45, 2.75) is 18.5 Å². The van der Waals surface area contributed by atoms with E-state index in [0.717, 1.165) is 17.9 Å². The second kappa shape index (κ2) is 6.97. The molecule has 0 radical (unpaired) electrons. The van der Waals surface area contributed by atoms with Crippen molar-refractivity contribution in [3.05, 3.63) is 40.5 Å². The number of halogens is 3. The van der Waals surface area contributed by atoms with Crippen LogP contribution in [0, 0.1) is 6.92 Å². The first-order chi connectivity index (χ1) is 11.8. The highest BCUT2D eigenvalue weighted by molar-refractivity contribution is 8.00. The molecule has 2 N–H and O–H groups in total. The van der Waals surface area contributed by atoms with E-state index in [1.807, 2.05) is 0 Å². The second-order valence-corrected chi connectivity index (χ2v) is 8.03. The van der Waals surface area contributed by atoms with Crippen LogP contribution in [0.4, 0.5) is 13.2 Å². The van der Waals surface area contributed by atoms with Gasteiger partial charge in [-0.3, -0.25) is 4.79 Å². The number of thioether (sulfide) groups is 1. The average Bonchev–Trinajstić information content (AvgIpc) is 3.19. The van der Waals surface area contributed by atoms with E-state index in [4.69, 9.17) is 5.73 Å². The van der Waals surface area contributed by atoms with Crippen LogP contribution in [0.5, 0.6) is 0 Å². The third-order valence-electron chi connectivity index (χ3n) is 3.86. The van der Waals surface area contributed by atoms with Gasteiger partial charge in [0, 0.05) is 18.8 Å². The van der Waals surface area contributed by atoms with Crippen LogP contribution in [-0.2, 0) is 6.18 Å². The topological polar surface area (TPSA) is 59.2 Å². The van der Waals surface area contributed by atoms with Crippen molar-refractivity contribution < 1.29 is 18.0 Å². The third kappa shape index (κ3) is 3.68. The van der Waals surface area contributed by atoms with Crippen LogP contribution in [0.25, 0.3) is 10.4 Å². The van der Waals surface area contributed by atoms with Gasteiger partial charge in [0.2, 0.25) is 0 Å². The molecule has 1 atom stereocenters. The number of nitrogens with zero attached hydrogens (tertiary/aromatic N) is 2. The standard InChI is InChI=1S/C16H16F3N3OS2/c1-9-21-13(15(23)22-6-7-24-12(22)8-20)14(25-9)10-2-4-11(5-3-10)16(17,18)19/h2-5,12H,6-8,20H2,1H3. The minimum absolute atomic E-state index is 0.0880. The van der Waals surface area contributed by atoms with Crippen LogP contribution >= 0.6 is 23.1 Å². The molecule has 0 aliphatic carbocycles. The van der Waals surface area contributed by atoms with E-state index < -0.39 is 11.7 Å². The highest BCUT2D eigenvalue weighted by Gasteiger charge is 2.33. The number of carbonyl (C=O) groups is 1. The van der Waals surface area contributed by atoms with Crippen LogP contribution in [0.3, 0.4) is 0 Å². The average molecular weight is 387 g/mol. The molecule has 2 aromatic rings. The summed E-state index contributed by atoms with van der Waals surface area (Å²) < 4.78 is 38.2. The van der Waals surface area contributed by atoms with Crippen molar-refractivity contribution in [3.63, 3.8) is 0 Å². The predicted octanol–water partition coefficient (Wildman–Crippen LogP) is 3.61. The van der Waals surface area contributed by atoms with E-state index in [9.17, 15) is 18.0 Å². The first kappa shape index (κ1) is 18.2. The van der Waals surface area contributed by atoms with Gasteiger partial charge in [0.25, 0.3) is 5.91 Å². The second-order valence-electron chi connectivity index (χ2n) is 5.55. The van der Waals surface area contributed by atoms with Gasteiger partial charge in [-0.2, -0.15) is 13.2 Å². The number of benzene rings is 1. The molecule has 0 spiro atoms. The quantitative estimate of drug-likeness (QED) is 0.874. The van der Waals surface area contributed by atoms with Gasteiger partial charge < -0.3 is 10.6 Å². The molecule has 9 heteroatoms. The Morgan fingerprint density at radius 1 is 1.36 bits per heavy atom. The SMILES string of the molecule is Cc1nc(C(=O)N2CCSC2CN)c(-c2ccc(C(F)(F)F)cc2)s1. The number of amides is 1. The van der Waals surface area contributed by atoms with E-state index in [-0.39, 0.29) is 17.0 Å². The van der Waals surface area contributed by atoms with E-state index in [0.29, 0.717) is 28.5 Å². The summed E-state index contributed by atoms with van der Waals surface area (Å²) in [6.45, 7) is 2.72. The molecule has 3 rings (SSSR count).